The number of rotatable bonds is 3. The van der Waals surface area contributed by atoms with Crippen molar-refractivity contribution in [3.63, 3.8) is 0 Å². The number of anilines is 1. The van der Waals surface area contributed by atoms with Crippen LogP contribution in [0.15, 0.2) is 54.6 Å². The standard InChI is InChI=1S/C16H14ClNOS/c1-20-15-14(11-5-3-2-4-6-11)18(16(15)19)13-9-7-12(17)8-10-13/h2-10,14-15H,1H3. The van der Waals surface area contributed by atoms with Crippen LogP contribution in [-0.2, 0) is 4.79 Å². The molecule has 1 aliphatic heterocycles. The van der Waals surface area contributed by atoms with E-state index in [9.17, 15) is 4.79 Å². The van der Waals surface area contributed by atoms with Gasteiger partial charge in [-0.3, -0.25) is 4.79 Å². The Balaban J connectivity index is 1.97. The summed E-state index contributed by atoms with van der Waals surface area (Å²) in [6.45, 7) is 0. The quantitative estimate of drug-likeness (QED) is 0.794. The van der Waals surface area contributed by atoms with Gasteiger partial charge >= 0.3 is 0 Å². The van der Waals surface area contributed by atoms with Gasteiger partial charge in [0.05, 0.1) is 6.04 Å². The van der Waals surface area contributed by atoms with Crippen molar-refractivity contribution in [2.45, 2.75) is 11.3 Å². The third-order valence-electron chi connectivity index (χ3n) is 3.55. The summed E-state index contributed by atoms with van der Waals surface area (Å²) in [6, 6.07) is 17.7. The highest BCUT2D eigenvalue weighted by Crippen LogP contribution is 2.44. The molecular weight excluding hydrogens is 290 g/mol. The van der Waals surface area contributed by atoms with Crippen LogP contribution in [0.4, 0.5) is 5.69 Å². The van der Waals surface area contributed by atoms with E-state index in [1.165, 1.54) is 5.56 Å². The van der Waals surface area contributed by atoms with Crippen LogP contribution in [0.2, 0.25) is 5.02 Å². The lowest BCUT2D eigenvalue weighted by Gasteiger charge is -2.46. The molecule has 20 heavy (non-hydrogen) atoms. The lowest BCUT2D eigenvalue weighted by molar-refractivity contribution is -0.123. The molecule has 1 aliphatic rings. The highest BCUT2D eigenvalue weighted by atomic mass is 35.5. The van der Waals surface area contributed by atoms with Crippen LogP contribution in [0, 0.1) is 0 Å². The minimum atomic E-state index is -0.00641. The van der Waals surface area contributed by atoms with Crippen molar-refractivity contribution in [2.75, 3.05) is 11.2 Å². The first-order chi connectivity index (χ1) is 9.72. The van der Waals surface area contributed by atoms with Crippen LogP contribution in [0.3, 0.4) is 0 Å². The topological polar surface area (TPSA) is 20.3 Å². The Bertz CT molecular complexity index is 614. The number of halogens is 1. The number of β-lactam (4-membered cyclic amide) rings is 1. The Morgan fingerprint density at radius 2 is 1.70 bits per heavy atom. The van der Waals surface area contributed by atoms with Crippen LogP contribution in [0.1, 0.15) is 11.6 Å². The van der Waals surface area contributed by atoms with E-state index in [-0.39, 0.29) is 17.2 Å². The van der Waals surface area contributed by atoms with Gasteiger partial charge in [0.25, 0.3) is 0 Å². The van der Waals surface area contributed by atoms with Crippen molar-refractivity contribution in [3.05, 3.63) is 65.2 Å². The zero-order chi connectivity index (χ0) is 14.1. The molecule has 0 spiro atoms. The van der Waals surface area contributed by atoms with E-state index < -0.39 is 0 Å². The molecule has 1 saturated heterocycles. The Morgan fingerprint density at radius 1 is 1.05 bits per heavy atom. The molecule has 2 aromatic rings. The summed E-state index contributed by atoms with van der Waals surface area (Å²) in [5, 5.41) is 0.674. The van der Waals surface area contributed by atoms with Gasteiger partial charge in [-0.15, -0.1) is 11.8 Å². The fourth-order valence-corrected chi connectivity index (χ4v) is 3.53. The van der Waals surface area contributed by atoms with Gasteiger partial charge in [0, 0.05) is 10.7 Å². The number of hydrogen-bond acceptors (Lipinski definition) is 2. The molecule has 4 heteroatoms. The number of benzene rings is 2. The summed E-state index contributed by atoms with van der Waals surface area (Å²) in [5.41, 5.74) is 2.07. The number of nitrogens with zero attached hydrogens (tertiary/aromatic N) is 1. The number of carbonyl (C=O) groups excluding carboxylic acids is 1. The second-order valence-corrected chi connectivity index (χ2v) is 6.11. The molecule has 2 atom stereocenters. The molecule has 2 unspecified atom stereocenters. The summed E-state index contributed by atoms with van der Waals surface area (Å²) in [6.07, 6.45) is 1.98. The van der Waals surface area contributed by atoms with Crippen LogP contribution < -0.4 is 4.90 Å². The molecule has 2 aromatic carbocycles. The van der Waals surface area contributed by atoms with E-state index >= 15 is 0 Å². The van der Waals surface area contributed by atoms with Gasteiger partial charge < -0.3 is 4.90 Å². The SMILES string of the molecule is CSC1C(=O)N(c2ccc(Cl)cc2)C1c1ccccc1. The number of thioether (sulfide) groups is 1. The molecule has 1 fully saturated rings. The predicted octanol–water partition coefficient (Wildman–Crippen LogP) is 4.16. The van der Waals surface area contributed by atoms with E-state index in [2.05, 4.69) is 12.1 Å². The maximum Gasteiger partial charge on any atom is 0.243 e. The van der Waals surface area contributed by atoms with E-state index in [4.69, 9.17) is 11.6 Å². The van der Waals surface area contributed by atoms with Crippen molar-refractivity contribution in [1.82, 2.24) is 0 Å². The van der Waals surface area contributed by atoms with Crippen molar-refractivity contribution in [1.29, 1.82) is 0 Å². The number of carbonyl (C=O) groups is 1. The lowest BCUT2D eigenvalue weighted by Crippen LogP contribution is -2.57. The van der Waals surface area contributed by atoms with E-state index in [0.717, 1.165) is 5.69 Å². The Hall–Kier alpha value is -1.45. The summed E-state index contributed by atoms with van der Waals surface area (Å²) in [7, 11) is 0. The second kappa shape index (κ2) is 5.51. The smallest absolute Gasteiger partial charge is 0.243 e. The third-order valence-corrected chi connectivity index (χ3v) is 4.76. The molecule has 2 nitrogen and oxygen atoms in total. The molecule has 0 saturated carbocycles. The lowest BCUT2D eigenvalue weighted by atomic mass is 9.92. The van der Waals surface area contributed by atoms with Gasteiger partial charge in [-0.05, 0) is 36.1 Å². The summed E-state index contributed by atoms with van der Waals surface area (Å²) >= 11 is 7.52. The van der Waals surface area contributed by atoms with Crippen molar-refractivity contribution in [2.24, 2.45) is 0 Å². The fraction of sp³-hybridized carbons (Fsp3) is 0.188. The van der Waals surface area contributed by atoms with Crippen LogP contribution in [0.25, 0.3) is 0 Å². The Kier molecular flexibility index (Phi) is 3.72. The normalized spacial score (nSPS) is 21.7. The fourth-order valence-electron chi connectivity index (χ4n) is 2.56. The van der Waals surface area contributed by atoms with Gasteiger partial charge in [0.1, 0.15) is 5.25 Å². The summed E-state index contributed by atoms with van der Waals surface area (Å²) < 4.78 is 0. The average Bonchev–Trinajstić information content (AvgIpc) is 2.48. The van der Waals surface area contributed by atoms with Gasteiger partial charge in [0.15, 0.2) is 0 Å². The highest BCUT2D eigenvalue weighted by Gasteiger charge is 2.48. The molecule has 0 bridgehead atoms. The third kappa shape index (κ3) is 2.21. The van der Waals surface area contributed by atoms with Gasteiger partial charge in [-0.1, -0.05) is 41.9 Å². The van der Waals surface area contributed by atoms with Crippen LogP contribution in [-0.4, -0.2) is 17.4 Å². The van der Waals surface area contributed by atoms with Gasteiger partial charge in [-0.2, -0.15) is 0 Å². The van der Waals surface area contributed by atoms with E-state index in [0.29, 0.717) is 5.02 Å². The van der Waals surface area contributed by atoms with Crippen molar-refractivity contribution in [3.8, 4) is 0 Å². The molecule has 0 radical (unpaired) electrons. The predicted molar refractivity (Wildman–Crippen MR) is 85.4 cm³/mol. The molecule has 0 aromatic heterocycles. The van der Waals surface area contributed by atoms with Crippen LogP contribution >= 0.6 is 23.4 Å². The molecule has 102 valence electrons. The van der Waals surface area contributed by atoms with E-state index in [1.54, 1.807) is 11.8 Å². The van der Waals surface area contributed by atoms with E-state index in [1.807, 2.05) is 53.6 Å². The first-order valence-corrected chi connectivity index (χ1v) is 8.05. The van der Waals surface area contributed by atoms with Crippen LogP contribution in [0.5, 0.6) is 0 Å². The second-order valence-electron chi connectivity index (χ2n) is 4.70. The highest BCUT2D eigenvalue weighted by molar-refractivity contribution is 8.00. The molecule has 3 rings (SSSR count). The zero-order valence-electron chi connectivity index (χ0n) is 11.0. The molecule has 1 amide bonds. The molecule has 0 aliphatic carbocycles. The average molecular weight is 304 g/mol. The maximum atomic E-state index is 12.3. The molecule has 1 heterocycles. The summed E-state index contributed by atoms with van der Waals surface area (Å²) in [5.74, 6) is 0.161. The minimum absolute atomic E-state index is 0.00641. The van der Waals surface area contributed by atoms with Crippen molar-refractivity contribution >= 4 is 35.0 Å². The first kappa shape index (κ1) is 13.5. The minimum Gasteiger partial charge on any atom is -0.302 e. The van der Waals surface area contributed by atoms with Gasteiger partial charge in [0.2, 0.25) is 5.91 Å². The monoisotopic (exact) mass is 303 g/mol. The largest absolute Gasteiger partial charge is 0.302 e. The zero-order valence-corrected chi connectivity index (χ0v) is 12.6. The number of hydrogen-bond donors (Lipinski definition) is 0. The first-order valence-electron chi connectivity index (χ1n) is 6.39. The van der Waals surface area contributed by atoms with Gasteiger partial charge in [-0.25, -0.2) is 0 Å². The maximum absolute atomic E-state index is 12.3. The molecular formula is C16H14ClNOS. The van der Waals surface area contributed by atoms with Crippen molar-refractivity contribution < 1.29 is 4.79 Å². The Morgan fingerprint density at radius 3 is 2.30 bits per heavy atom. The number of amides is 1. The molecule has 0 N–H and O–H groups in total. The summed E-state index contributed by atoms with van der Waals surface area (Å²) in [4.78, 5) is 14.2. The Labute approximate surface area is 127 Å².